The number of halogens is 1. The number of hydrogen-bond donors (Lipinski definition) is 1. The highest BCUT2D eigenvalue weighted by Crippen LogP contribution is 2.29. The molecule has 0 aliphatic heterocycles. The van der Waals surface area contributed by atoms with E-state index in [1.807, 2.05) is 30.3 Å². The van der Waals surface area contributed by atoms with Gasteiger partial charge in [0, 0.05) is 5.75 Å². The van der Waals surface area contributed by atoms with Crippen molar-refractivity contribution in [3.8, 4) is 0 Å². The maximum Gasteiger partial charge on any atom is 0.249 e. The molecule has 0 saturated carbocycles. The molecule has 0 aliphatic rings. The van der Waals surface area contributed by atoms with Crippen LogP contribution in [0.5, 0.6) is 0 Å². The first kappa shape index (κ1) is 22.2. The molecule has 0 fully saturated rings. The van der Waals surface area contributed by atoms with Gasteiger partial charge in [0.05, 0.1) is 11.9 Å². The van der Waals surface area contributed by atoms with E-state index in [2.05, 4.69) is 15.5 Å². The minimum atomic E-state index is -3.84. The van der Waals surface area contributed by atoms with Gasteiger partial charge in [0.15, 0.2) is 4.34 Å². The van der Waals surface area contributed by atoms with E-state index in [0.717, 1.165) is 22.2 Å². The van der Waals surface area contributed by atoms with Crippen LogP contribution in [0.1, 0.15) is 12.5 Å². The van der Waals surface area contributed by atoms with Gasteiger partial charge in [0.1, 0.15) is 11.9 Å². The molecule has 0 spiro atoms. The Bertz CT molecular complexity index is 1120. The van der Waals surface area contributed by atoms with Crippen LogP contribution in [-0.2, 0) is 20.6 Å². The fraction of sp³-hybridized carbons (Fsp3) is 0.211. The van der Waals surface area contributed by atoms with E-state index in [1.165, 1.54) is 48.2 Å². The first-order valence-corrected chi connectivity index (χ1v) is 12.4. The molecule has 1 aromatic heterocycles. The Morgan fingerprint density at radius 3 is 2.60 bits per heavy atom. The molecule has 2 aromatic carbocycles. The number of hydrogen-bond acceptors (Lipinski definition) is 7. The Morgan fingerprint density at radius 1 is 1.20 bits per heavy atom. The Labute approximate surface area is 182 Å². The molecular formula is C19H19FN4O3S3. The van der Waals surface area contributed by atoms with E-state index < -0.39 is 27.8 Å². The van der Waals surface area contributed by atoms with Crippen molar-refractivity contribution in [2.45, 2.75) is 23.1 Å². The minimum absolute atomic E-state index is 0.0662. The number of amides is 1. The van der Waals surface area contributed by atoms with Gasteiger partial charge in [0.2, 0.25) is 21.1 Å². The van der Waals surface area contributed by atoms with Crippen LogP contribution < -0.4 is 9.62 Å². The first-order chi connectivity index (χ1) is 14.2. The third-order valence-electron chi connectivity index (χ3n) is 3.99. The van der Waals surface area contributed by atoms with Crippen LogP contribution in [0.2, 0.25) is 0 Å². The zero-order chi connectivity index (χ0) is 21.7. The maximum atomic E-state index is 13.6. The summed E-state index contributed by atoms with van der Waals surface area (Å²) in [5, 5.41) is 10.8. The van der Waals surface area contributed by atoms with E-state index in [1.54, 1.807) is 0 Å². The lowest BCUT2D eigenvalue weighted by molar-refractivity contribution is -0.116. The summed E-state index contributed by atoms with van der Waals surface area (Å²) in [5.74, 6) is -0.486. The van der Waals surface area contributed by atoms with Crippen molar-refractivity contribution in [1.29, 1.82) is 0 Å². The van der Waals surface area contributed by atoms with Gasteiger partial charge < -0.3 is 0 Å². The number of nitrogens with one attached hydrogen (secondary N) is 1. The summed E-state index contributed by atoms with van der Waals surface area (Å²) < 4.78 is 39.7. The summed E-state index contributed by atoms with van der Waals surface area (Å²) in [6, 6.07) is 13.8. The van der Waals surface area contributed by atoms with Crippen molar-refractivity contribution < 1.29 is 17.6 Å². The van der Waals surface area contributed by atoms with E-state index in [9.17, 15) is 17.6 Å². The molecule has 0 saturated heterocycles. The topological polar surface area (TPSA) is 92.3 Å². The lowest BCUT2D eigenvalue weighted by Gasteiger charge is -2.27. The Balaban J connectivity index is 1.69. The Hall–Kier alpha value is -2.50. The molecule has 1 heterocycles. The molecule has 11 heteroatoms. The van der Waals surface area contributed by atoms with Gasteiger partial charge in [-0.3, -0.25) is 14.4 Å². The number of carbonyl (C=O) groups is 1. The van der Waals surface area contributed by atoms with Crippen LogP contribution in [0.25, 0.3) is 0 Å². The van der Waals surface area contributed by atoms with Gasteiger partial charge in [-0.15, -0.1) is 10.2 Å². The van der Waals surface area contributed by atoms with Crippen LogP contribution in [0, 0.1) is 5.82 Å². The molecule has 1 N–H and O–H groups in total. The molecule has 3 aromatic rings. The summed E-state index contributed by atoms with van der Waals surface area (Å²) in [6.07, 6.45) is 0.963. The van der Waals surface area contributed by atoms with Crippen molar-refractivity contribution in [1.82, 2.24) is 10.2 Å². The van der Waals surface area contributed by atoms with E-state index in [4.69, 9.17) is 0 Å². The minimum Gasteiger partial charge on any atom is -0.299 e. The smallest absolute Gasteiger partial charge is 0.249 e. The predicted molar refractivity (Wildman–Crippen MR) is 118 cm³/mol. The highest BCUT2D eigenvalue weighted by Gasteiger charge is 2.30. The van der Waals surface area contributed by atoms with Gasteiger partial charge in [-0.05, 0) is 30.7 Å². The second-order valence-corrected chi connectivity index (χ2v) is 10.4. The molecule has 0 radical (unpaired) electrons. The normalized spacial score (nSPS) is 12.4. The van der Waals surface area contributed by atoms with Gasteiger partial charge in [-0.2, -0.15) is 0 Å². The predicted octanol–water partition coefficient (Wildman–Crippen LogP) is 3.76. The van der Waals surface area contributed by atoms with Crippen LogP contribution in [0.15, 0.2) is 58.9 Å². The molecule has 158 valence electrons. The quantitative estimate of drug-likeness (QED) is 0.401. The summed E-state index contributed by atoms with van der Waals surface area (Å²) in [6.45, 7) is 1.42. The van der Waals surface area contributed by atoms with Crippen LogP contribution in [0.4, 0.5) is 15.2 Å². The number of thioether (sulfide) groups is 1. The van der Waals surface area contributed by atoms with Crippen molar-refractivity contribution in [2.75, 3.05) is 15.9 Å². The number of anilines is 2. The number of carbonyl (C=O) groups excluding carboxylic acids is 1. The largest absolute Gasteiger partial charge is 0.299 e. The summed E-state index contributed by atoms with van der Waals surface area (Å²) in [4.78, 5) is 12.7. The van der Waals surface area contributed by atoms with E-state index >= 15 is 0 Å². The molecule has 30 heavy (non-hydrogen) atoms. The van der Waals surface area contributed by atoms with Crippen LogP contribution in [-0.4, -0.2) is 36.8 Å². The van der Waals surface area contributed by atoms with E-state index in [0.29, 0.717) is 10.1 Å². The number of aromatic nitrogens is 2. The molecule has 1 atom stereocenters. The summed E-state index contributed by atoms with van der Waals surface area (Å²) >= 11 is 2.68. The molecule has 3 rings (SSSR count). The molecule has 7 nitrogen and oxygen atoms in total. The molecular weight excluding hydrogens is 447 g/mol. The second-order valence-electron chi connectivity index (χ2n) is 6.35. The van der Waals surface area contributed by atoms with Gasteiger partial charge in [0.25, 0.3) is 0 Å². The summed E-state index contributed by atoms with van der Waals surface area (Å²) in [5.41, 5.74) is 1.20. The highest BCUT2D eigenvalue weighted by molar-refractivity contribution is 8.00. The van der Waals surface area contributed by atoms with Crippen LogP contribution in [0.3, 0.4) is 0 Å². The van der Waals surface area contributed by atoms with Crippen molar-refractivity contribution in [3.05, 3.63) is 66.0 Å². The fourth-order valence-corrected chi connectivity index (χ4v) is 5.55. The Kier molecular flexibility index (Phi) is 7.06. The zero-order valence-electron chi connectivity index (χ0n) is 16.1. The van der Waals surface area contributed by atoms with Gasteiger partial charge in [-0.1, -0.05) is 59.5 Å². The summed E-state index contributed by atoms with van der Waals surface area (Å²) in [7, 11) is -3.84. The SMILES string of the molecule is C[C@H](C(=O)Nc1nnc(SCc2ccccc2)s1)N(c1cccc(F)c1)S(C)(=O)=O. The number of benzene rings is 2. The standard InChI is InChI=1S/C19H19FN4O3S3/c1-13(24(30(2,26)27)16-10-6-9-15(20)11-16)17(25)21-18-22-23-19(29-18)28-12-14-7-4-3-5-8-14/h3-11,13H,12H2,1-2H3,(H,21,22,25)/t13-/m1/s1. The van der Waals surface area contributed by atoms with Crippen molar-refractivity contribution in [2.24, 2.45) is 0 Å². The highest BCUT2D eigenvalue weighted by atomic mass is 32.2. The lowest BCUT2D eigenvalue weighted by Crippen LogP contribution is -2.45. The first-order valence-electron chi connectivity index (χ1n) is 8.80. The van der Waals surface area contributed by atoms with Crippen molar-refractivity contribution in [3.63, 3.8) is 0 Å². The van der Waals surface area contributed by atoms with E-state index in [-0.39, 0.29) is 10.8 Å². The molecule has 0 unspecified atom stereocenters. The number of sulfonamides is 1. The third-order valence-corrected chi connectivity index (χ3v) is 7.28. The van der Waals surface area contributed by atoms with Crippen molar-refractivity contribution >= 4 is 49.8 Å². The average molecular weight is 467 g/mol. The zero-order valence-corrected chi connectivity index (χ0v) is 18.6. The Morgan fingerprint density at radius 2 is 1.93 bits per heavy atom. The monoisotopic (exact) mass is 466 g/mol. The molecule has 0 aliphatic carbocycles. The lowest BCUT2D eigenvalue weighted by atomic mass is 10.2. The van der Waals surface area contributed by atoms with Gasteiger partial charge in [-0.25, -0.2) is 12.8 Å². The molecule has 1 amide bonds. The number of rotatable bonds is 8. The second kappa shape index (κ2) is 9.54. The maximum absolute atomic E-state index is 13.6. The average Bonchev–Trinajstić information content (AvgIpc) is 3.13. The van der Waals surface area contributed by atoms with Gasteiger partial charge >= 0.3 is 0 Å². The third kappa shape index (κ3) is 5.77. The number of nitrogens with zero attached hydrogens (tertiary/aromatic N) is 3. The van der Waals surface area contributed by atoms with Crippen LogP contribution >= 0.6 is 23.1 Å². The fourth-order valence-electron chi connectivity index (χ4n) is 2.67. The molecule has 0 bridgehead atoms.